The van der Waals surface area contributed by atoms with Crippen molar-refractivity contribution in [3.8, 4) is 0 Å². The number of benzene rings is 1. The molecule has 0 saturated heterocycles. The molecule has 1 unspecified atom stereocenters. The number of carbonyl (C=O) groups is 3. The van der Waals surface area contributed by atoms with Crippen LogP contribution in [0.1, 0.15) is 49.4 Å². The number of carbonyl (C=O) groups excluding carboxylic acids is 2. The van der Waals surface area contributed by atoms with Crippen molar-refractivity contribution in [2.24, 2.45) is 0 Å². The molecule has 5 nitrogen and oxygen atoms in total. The minimum absolute atomic E-state index is 0.0304. The first-order valence-corrected chi connectivity index (χ1v) is 7.62. The van der Waals surface area contributed by atoms with Crippen LogP contribution in [-0.2, 0) is 9.59 Å². The van der Waals surface area contributed by atoms with Crippen LogP contribution in [0.4, 0.5) is 0 Å². The first-order chi connectivity index (χ1) is 10.4. The molecular formula is C16H20ClNO4. The van der Waals surface area contributed by atoms with E-state index >= 15 is 0 Å². The summed E-state index contributed by atoms with van der Waals surface area (Å²) in [4.78, 5) is 34.7. The Bertz CT molecular complexity index is 527. The fourth-order valence-electron chi connectivity index (χ4n) is 1.94. The van der Waals surface area contributed by atoms with E-state index in [0.717, 1.165) is 12.8 Å². The second-order valence-corrected chi connectivity index (χ2v) is 5.47. The molecule has 0 aliphatic heterocycles. The van der Waals surface area contributed by atoms with Gasteiger partial charge < -0.3 is 10.4 Å². The topological polar surface area (TPSA) is 83.5 Å². The van der Waals surface area contributed by atoms with Crippen LogP contribution in [0.2, 0.25) is 5.02 Å². The molecule has 2 N–H and O–H groups in total. The summed E-state index contributed by atoms with van der Waals surface area (Å²) in [6.45, 7) is 1.95. The van der Waals surface area contributed by atoms with Crippen molar-refractivity contribution in [1.82, 2.24) is 5.32 Å². The second-order valence-electron chi connectivity index (χ2n) is 5.03. The van der Waals surface area contributed by atoms with Crippen LogP contribution in [0.3, 0.4) is 0 Å². The van der Waals surface area contributed by atoms with Crippen LogP contribution in [0.5, 0.6) is 0 Å². The number of hydrogen-bond acceptors (Lipinski definition) is 3. The van der Waals surface area contributed by atoms with Gasteiger partial charge in [-0.25, -0.2) is 4.79 Å². The van der Waals surface area contributed by atoms with Crippen molar-refractivity contribution in [1.29, 1.82) is 0 Å². The summed E-state index contributed by atoms with van der Waals surface area (Å²) in [7, 11) is 0. The fraction of sp³-hybridized carbons (Fsp3) is 0.438. The molecule has 0 aliphatic rings. The lowest BCUT2D eigenvalue weighted by molar-refractivity contribution is -0.142. The van der Waals surface area contributed by atoms with Crippen LogP contribution < -0.4 is 5.32 Å². The fourth-order valence-corrected chi connectivity index (χ4v) is 2.07. The molecule has 0 radical (unpaired) electrons. The predicted octanol–water partition coefficient (Wildman–Crippen LogP) is 3.06. The summed E-state index contributed by atoms with van der Waals surface area (Å²) in [5, 5.41) is 12.0. The smallest absolute Gasteiger partial charge is 0.326 e. The summed E-state index contributed by atoms with van der Waals surface area (Å²) < 4.78 is 0. The molecule has 0 heterocycles. The highest BCUT2D eigenvalue weighted by Gasteiger charge is 2.19. The van der Waals surface area contributed by atoms with Gasteiger partial charge in [-0.05, 0) is 30.7 Å². The third-order valence-corrected chi connectivity index (χ3v) is 3.48. The molecule has 22 heavy (non-hydrogen) atoms. The number of amides is 1. The Hall–Kier alpha value is -1.88. The van der Waals surface area contributed by atoms with Gasteiger partial charge in [0.1, 0.15) is 6.04 Å². The molecule has 0 aromatic heterocycles. The van der Waals surface area contributed by atoms with Gasteiger partial charge in [0.25, 0.3) is 0 Å². The first-order valence-electron chi connectivity index (χ1n) is 7.25. The maximum atomic E-state index is 11.9. The van der Waals surface area contributed by atoms with Gasteiger partial charge in [-0.3, -0.25) is 9.59 Å². The van der Waals surface area contributed by atoms with E-state index in [0.29, 0.717) is 17.0 Å². The second kappa shape index (κ2) is 9.20. The number of halogens is 1. The van der Waals surface area contributed by atoms with E-state index in [4.69, 9.17) is 16.7 Å². The Morgan fingerprint density at radius 1 is 1.18 bits per heavy atom. The Balaban J connectivity index is 2.45. The largest absolute Gasteiger partial charge is 0.480 e. The van der Waals surface area contributed by atoms with Crippen molar-refractivity contribution < 1.29 is 19.5 Å². The van der Waals surface area contributed by atoms with Gasteiger partial charge in [0, 0.05) is 23.4 Å². The standard InChI is InChI=1S/C16H20ClNO4/c1-2-3-4-13(16(21)22)18-15(20)10-9-14(19)11-5-7-12(17)8-6-11/h5-8,13H,2-4,9-10H2,1H3,(H,18,20)(H,21,22). The highest BCUT2D eigenvalue weighted by atomic mass is 35.5. The minimum atomic E-state index is -1.05. The molecule has 6 heteroatoms. The SMILES string of the molecule is CCCCC(NC(=O)CCC(=O)c1ccc(Cl)cc1)C(=O)O. The molecule has 0 bridgehead atoms. The van der Waals surface area contributed by atoms with E-state index in [-0.39, 0.29) is 18.6 Å². The quantitative estimate of drug-likeness (QED) is 0.683. The van der Waals surface area contributed by atoms with Crippen molar-refractivity contribution in [3.63, 3.8) is 0 Å². The number of unbranched alkanes of at least 4 members (excludes halogenated alkanes) is 1. The highest BCUT2D eigenvalue weighted by molar-refractivity contribution is 6.30. The van der Waals surface area contributed by atoms with Crippen LogP contribution in [0.15, 0.2) is 24.3 Å². The number of nitrogens with one attached hydrogen (secondary N) is 1. The monoisotopic (exact) mass is 325 g/mol. The molecule has 0 saturated carbocycles. The highest BCUT2D eigenvalue weighted by Crippen LogP contribution is 2.12. The Morgan fingerprint density at radius 2 is 1.82 bits per heavy atom. The van der Waals surface area contributed by atoms with Gasteiger partial charge in [-0.1, -0.05) is 31.4 Å². The number of hydrogen-bond donors (Lipinski definition) is 2. The van der Waals surface area contributed by atoms with Gasteiger partial charge in [0.2, 0.25) is 5.91 Å². The van der Waals surface area contributed by atoms with Crippen LogP contribution in [-0.4, -0.2) is 28.8 Å². The Morgan fingerprint density at radius 3 is 2.36 bits per heavy atom. The maximum absolute atomic E-state index is 11.9. The normalized spacial score (nSPS) is 11.7. The number of aliphatic carboxylic acids is 1. The molecular weight excluding hydrogens is 306 g/mol. The number of carboxylic acid groups (broad SMARTS) is 1. The zero-order valence-electron chi connectivity index (χ0n) is 12.5. The predicted molar refractivity (Wildman–Crippen MR) is 84.1 cm³/mol. The van der Waals surface area contributed by atoms with E-state index in [9.17, 15) is 14.4 Å². The maximum Gasteiger partial charge on any atom is 0.326 e. The molecule has 0 spiro atoms. The average molecular weight is 326 g/mol. The van der Waals surface area contributed by atoms with Crippen molar-refractivity contribution >= 4 is 29.3 Å². The number of Topliss-reactive ketones (excluding diaryl/α,β-unsaturated/α-hetero) is 1. The van der Waals surface area contributed by atoms with Gasteiger partial charge in [0.15, 0.2) is 5.78 Å². The molecule has 0 fully saturated rings. The van der Waals surface area contributed by atoms with Gasteiger partial charge in [-0.2, -0.15) is 0 Å². The van der Waals surface area contributed by atoms with E-state index < -0.39 is 17.9 Å². The lowest BCUT2D eigenvalue weighted by Crippen LogP contribution is -2.40. The first kappa shape index (κ1) is 18.2. The van der Waals surface area contributed by atoms with E-state index in [1.165, 1.54) is 0 Å². The molecule has 1 aromatic carbocycles. The molecule has 1 atom stereocenters. The minimum Gasteiger partial charge on any atom is -0.480 e. The molecule has 1 amide bonds. The number of carboxylic acids is 1. The molecule has 1 rings (SSSR count). The average Bonchev–Trinajstić information content (AvgIpc) is 2.49. The third-order valence-electron chi connectivity index (χ3n) is 3.22. The third kappa shape index (κ3) is 6.26. The Labute approximate surface area is 134 Å². The van der Waals surface area contributed by atoms with Crippen molar-refractivity contribution in [3.05, 3.63) is 34.9 Å². The molecule has 120 valence electrons. The van der Waals surface area contributed by atoms with Gasteiger partial charge in [-0.15, -0.1) is 0 Å². The lowest BCUT2D eigenvalue weighted by Gasteiger charge is -2.13. The van der Waals surface area contributed by atoms with Crippen LogP contribution >= 0.6 is 11.6 Å². The van der Waals surface area contributed by atoms with Crippen molar-refractivity contribution in [2.45, 2.75) is 45.1 Å². The Kier molecular flexibility index (Phi) is 7.60. The summed E-state index contributed by atoms with van der Waals surface area (Å²) in [6, 6.07) is 5.53. The zero-order chi connectivity index (χ0) is 16.5. The van der Waals surface area contributed by atoms with E-state index in [1.54, 1.807) is 24.3 Å². The van der Waals surface area contributed by atoms with Crippen LogP contribution in [0, 0.1) is 0 Å². The summed E-state index contributed by atoms with van der Waals surface area (Å²) in [5.74, 6) is -1.65. The summed E-state index contributed by atoms with van der Waals surface area (Å²) >= 11 is 5.74. The van der Waals surface area contributed by atoms with Crippen molar-refractivity contribution in [2.75, 3.05) is 0 Å². The zero-order valence-corrected chi connectivity index (χ0v) is 13.2. The van der Waals surface area contributed by atoms with E-state index in [2.05, 4.69) is 5.32 Å². The lowest BCUT2D eigenvalue weighted by atomic mass is 10.1. The number of rotatable bonds is 9. The van der Waals surface area contributed by atoms with Gasteiger partial charge in [0.05, 0.1) is 0 Å². The van der Waals surface area contributed by atoms with E-state index in [1.807, 2.05) is 6.92 Å². The van der Waals surface area contributed by atoms with Gasteiger partial charge >= 0.3 is 5.97 Å². The summed E-state index contributed by atoms with van der Waals surface area (Å²) in [5.41, 5.74) is 0.484. The summed E-state index contributed by atoms with van der Waals surface area (Å²) in [6.07, 6.45) is 1.98. The number of ketones is 1. The molecule has 1 aromatic rings. The van der Waals surface area contributed by atoms with Crippen LogP contribution in [0.25, 0.3) is 0 Å². The molecule has 0 aliphatic carbocycles.